The molecule has 1 N–H and O–H groups in total. The van der Waals surface area contributed by atoms with E-state index >= 15 is 0 Å². The van der Waals surface area contributed by atoms with Crippen LogP contribution in [0, 0.1) is 6.92 Å². The fourth-order valence-corrected chi connectivity index (χ4v) is 6.71. The van der Waals surface area contributed by atoms with Gasteiger partial charge in [-0.05, 0) is 73.5 Å². The van der Waals surface area contributed by atoms with Crippen molar-refractivity contribution in [3.8, 4) is 11.5 Å². The van der Waals surface area contributed by atoms with Gasteiger partial charge in [-0.1, -0.05) is 96.6 Å². The molecule has 8 nitrogen and oxygen atoms in total. The highest BCUT2D eigenvalue weighted by Crippen LogP contribution is 2.29. The second-order valence-electron chi connectivity index (χ2n) is 11.3. The number of amides is 2. The summed E-state index contributed by atoms with van der Waals surface area (Å²) in [6.45, 7) is 3.65. The van der Waals surface area contributed by atoms with Crippen molar-refractivity contribution in [2.45, 2.75) is 37.8 Å². The molecule has 5 rings (SSSR count). The van der Waals surface area contributed by atoms with Crippen LogP contribution in [0.25, 0.3) is 0 Å². The second kappa shape index (κ2) is 15.9. The Hall–Kier alpha value is -5.41. The quantitative estimate of drug-likeness (QED) is 0.142. The Bertz CT molecular complexity index is 1890. The summed E-state index contributed by atoms with van der Waals surface area (Å²) >= 11 is 0. The van der Waals surface area contributed by atoms with E-state index in [4.69, 9.17) is 4.74 Å². The van der Waals surface area contributed by atoms with E-state index in [0.29, 0.717) is 18.0 Å². The van der Waals surface area contributed by atoms with Crippen molar-refractivity contribution in [3.05, 3.63) is 156 Å². The third-order valence-electron chi connectivity index (χ3n) is 7.81. The van der Waals surface area contributed by atoms with E-state index in [2.05, 4.69) is 5.32 Å². The van der Waals surface area contributed by atoms with Gasteiger partial charge in [0.05, 0.1) is 10.6 Å². The maximum Gasteiger partial charge on any atom is 0.264 e. The summed E-state index contributed by atoms with van der Waals surface area (Å²) in [5, 5.41) is 2.88. The van der Waals surface area contributed by atoms with Gasteiger partial charge in [0.1, 0.15) is 24.1 Å². The van der Waals surface area contributed by atoms with Crippen molar-refractivity contribution < 1.29 is 22.7 Å². The fraction of sp³-hybridized carbons (Fsp3) is 0.179. The van der Waals surface area contributed by atoms with E-state index in [1.165, 1.54) is 17.0 Å². The normalized spacial score (nSPS) is 11.7. The molecule has 0 unspecified atom stereocenters. The van der Waals surface area contributed by atoms with Gasteiger partial charge in [0, 0.05) is 19.5 Å². The lowest BCUT2D eigenvalue weighted by molar-refractivity contribution is -0.140. The Morgan fingerprint density at radius 1 is 0.708 bits per heavy atom. The molecule has 9 heteroatoms. The van der Waals surface area contributed by atoms with Crippen molar-refractivity contribution in [2.75, 3.05) is 17.4 Å². The number of rotatable bonds is 14. The minimum Gasteiger partial charge on any atom is -0.457 e. The monoisotopic (exact) mass is 661 g/mol. The molecule has 246 valence electrons. The lowest BCUT2D eigenvalue weighted by atomic mass is 10.0. The van der Waals surface area contributed by atoms with Crippen molar-refractivity contribution in [1.82, 2.24) is 10.2 Å². The molecule has 0 aliphatic rings. The van der Waals surface area contributed by atoms with E-state index in [0.717, 1.165) is 21.0 Å². The number of likely N-dealkylation sites (N-methyl/N-ethyl adjacent to an activating group) is 1. The van der Waals surface area contributed by atoms with E-state index in [1.54, 1.807) is 36.4 Å². The van der Waals surface area contributed by atoms with E-state index < -0.39 is 28.5 Å². The highest BCUT2D eigenvalue weighted by Gasteiger charge is 2.34. The fourth-order valence-electron chi connectivity index (χ4n) is 5.30. The Morgan fingerprint density at radius 2 is 1.25 bits per heavy atom. The van der Waals surface area contributed by atoms with Crippen LogP contribution in [0.1, 0.15) is 23.6 Å². The zero-order chi connectivity index (χ0) is 33.9. The van der Waals surface area contributed by atoms with Gasteiger partial charge < -0.3 is 15.0 Å². The number of nitrogens with zero attached hydrogens (tertiary/aromatic N) is 2. The van der Waals surface area contributed by atoms with Gasteiger partial charge in [0.15, 0.2) is 0 Å². The van der Waals surface area contributed by atoms with Crippen LogP contribution in [0.2, 0.25) is 0 Å². The minimum atomic E-state index is -4.21. The Balaban J connectivity index is 1.54. The third-order valence-corrected chi connectivity index (χ3v) is 9.60. The number of sulfonamides is 1. The average molecular weight is 662 g/mol. The number of ether oxygens (including phenoxy) is 1. The van der Waals surface area contributed by atoms with Crippen LogP contribution in [-0.2, 0) is 32.6 Å². The second-order valence-corrected chi connectivity index (χ2v) is 13.2. The highest BCUT2D eigenvalue weighted by molar-refractivity contribution is 7.92. The standard InChI is InChI=1S/C39H39N3O5S/c1-3-40-39(44)37(27-31-13-7-4-8-14-31)41(28-32-15-9-5-10-16-32)38(43)29-42(48(45,46)36-25-19-30(2)20-26-36)33-21-23-35(24-22-33)47-34-17-11-6-12-18-34/h4-26,37H,3,27-29H2,1-2H3,(H,40,44)/t37-/m0/s1. The van der Waals surface area contributed by atoms with E-state index in [9.17, 15) is 18.0 Å². The molecule has 0 heterocycles. The summed E-state index contributed by atoms with van der Waals surface area (Å²) < 4.78 is 35.6. The van der Waals surface area contributed by atoms with Gasteiger partial charge in [-0.2, -0.15) is 0 Å². The average Bonchev–Trinajstić information content (AvgIpc) is 3.10. The molecule has 1 atom stereocenters. The first-order chi connectivity index (χ1) is 23.2. The summed E-state index contributed by atoms with van der Waals surface area (Å²) in [5.41, 5.74) is 2.86. The molecule has 0 spiro atoms. The van der Waals surface area contributed by atoms with Crippen LogP contribution in [0.5, 0.6) is 11.5 Å². The van der Waals surface area contributed by atoms with Crippen molar-refractivity contribution >= 4 is 27.5 Å². The summed E-state index contributed by atoms with van der Waals surface area (Å²) in [7, 11) is -4.21. The van der Waals surface area contributed by atoms with Crippen LogP contribution in [0.3, 0.4) is 0 Å². The predicted octanol–water partition coefficient (Wildman–Crippen LogP) is 6.76. The van der Waals surface area contributed by atoms with Crippen LogP contribution in [-0.4, -0.2) is 44.3 Å². The van der Waals surface area contributed by atoms with Crippen LogP contribution in [0.15, 0.2) is 144 Å². The molecule has 48 heavy (non-hydrogen) atoms. The maximum atomic E-state index is 14.5. The first-order valence-corrected chi connectivity index (χ1v) is 17.3. The molecule has 0 bridgehead atoms. The van der Waals surface area contributed by atoms with Gasteiger partial charge in [-0.15, -0.1) is 0 Å². The number of carbonyl (C=O) groups excluding carboxylic acids is 2. The molecule has 0 aliphatic carbocycles. The summed E-state index contributed by atoms with van der Waals surface area (Å²) in [5.74, 6) is 0.303. The van der Waals surface area contributed by atoms with Gasteiger partial charge in [0.25, 0.3) is 10.0 Å². The molecule has 0 aromatic heterocycles. The van der Waals surface area contributed by atoms with E-state index in [-0.39, 0.29) is 29.5 Å². The predicted molar refractivity (Wildman–Crippen MR) is 188 cm³/mol. The number of aryl methyl sites for hydroxylation is 1. The van der Waals surface area contributed by atoms with Gasteiger partial charge >= 0.3 is 0 Å². The molecule has 2 amide bonds. The molecular formula is C39H39N3O5S. The molecule has 0 saturated carbocycles. The van der Waals surface area contributed by atoms with E-state index in [1.807, 2.05) is 105 Å². The Kier molecular flexibility index (Phi) is 11.3. The zero-order valence-electron chi connectivity index (χ0n) is 27.0. The van der Waals surface area contributed by atoms with Crippen LogP contribution >= 0.6 is 0 Å². The van der Waals surface area contributed by atoms with Gasteiger partial charge in [0.2, 0.25) is 11.8 Å². The Labute approximate surface area is 282 Å². The molecule has 5 aromatic rings. The SMILES string of the molecule is CCNC(=O)[C@H](Cc1ccccc1)N(Cc1ccccc1)C(=O)CN(c1ccc(Oc2ccccc2)cc1)S(=O)(=O)c1ccc(C)cc1. The molecule has 0 saturated heterocycles. The first-order valence-electron chi connectivity index (χ1n) is 15.8. The summed E-state index contributed by atoms with van der Waals surface area (Å²) in [6, 6.07) is 40.3. The zero-order valence-corrected chi connectivity index (χ0v) is 27.8. The number of carbonyl (C=O) groups is 2. The minimum absolute atomic E-state index is 0.0460. The number of anilines is 1. The Morgan fingerprint density at radius 3 is 1.83 bits per heavy atom. The summed E-state index contributed by atoms with van der Waals surface area (Å²) in [4.78, 5) is 29.7. The largest absolute Gasteiger partial charge is 0.457 e. The van der Waals surface area contributed by atoms with Gasteiger partial charge in [-0.25, -0.2) is 8.42 Å². The molecule has 5 aromatic carbocycles. The number of nitrogens with one attached hydrogen (secondary N) is 1. The molecular weight excluding hydrogens is 623 g/mol. The van der Waals surface area contributed by atoms with Crippen LogP contribution in [0.4, 0.5) is 5.69 Å². The van der Waals surface area contributed by atoms with Crippen molar-refractivity contribution in [2.24, 2.45) is 0 Å². The molecule has 0 fully saturated rings. The first kappa shape index (κ1) is 33.9. The maximum absolute atomic E-state index is 14.5. The van der Waals surface area contributed by atoms with Crippen molar-refractivity contribution in [3.63, 3.8) is 0 Å². The number of hydrogen-bond acceptors (Lipinski definition) is 5. The number of hydrogen-bond donors (Lipinski definition) is 1. The van der Waals surface area contributed by atoms with Crippen LogP contribution < -0.4 is 14.4 Å². The summed E-state index contributed by atoms with van der Waals surface area (Å²) in [6.07, 6.45) is 0.251. The molecule has 0 aliphatic heterocycles. The highest BCUT2D eigenvalue weighted by atomic mass is 32.2. The molecule has 0 radical (unpaired) electrons. The van der Waals surface area contributed by atoms with Crippen molar-refractivity contribution in [1.29, 1.82) is 0 Å². The third kappa shape index (κ3) is 8.68. The lowest BCUT2D eigenvalue weighted by Gasteiger charge is -2.33. The number of benzene rings is 5. The number of para-hydroxylation sites is 1. The van der Waals surface area contributed by atoms with Gasteiger partial charge in [-0.3, -0.25) is 13.9 Å². The lowest BCUT2D eigenvalue weighted by Crippen LogP contribution is -2.53. The topological polar surface area (TPSA) is 96.0 Å². The smallest absolute Gasteiger partial charge is 0.264 e.